The van der Waals surface area contributed by atoms with Crippen LogP contribution in [0, 0.1) is 13.8 Å². The Bertz CT molecular complexity index is 408. The summed E-state index contributed by atoms with van der Waals surface area (Å²) >= 11 is 5.92. The molecular weight excluding hydrogens is 228 g/mol. The normalized spacial score (nSPS) is 12.1. The van der Waals surface area contributed by atoms with Crippen molar-refractivity contribution in [3.05, 3.63) is 16.5 Å². The summed E-state index contributed by atoms with van der Waals surface area (Å²) in [5.74, 6) is 1.06. The lowest BCUT2D eigenvalue weighted by molar-refractivity contribution is -0.121. The average molecular weight is 243 g/mol. The van der Waals surface area contributed by atoms with Gasteiger partial charge in [-0.1, -0.05) is 11.6 Å². The summed E-state index contributed by atoms with van der Waals surface area (Å²) in [6.07, 6.45) is 0. The van der Waals surface area contributed by atoms with Crippen LogP contribution in [0.4, 0.5) is 5.82 Å². The summed E-state index contributed by atoms with van der Waals surface area (Å²) in [5, 5.41) is 5.95. The molecule has 2 N–H and O–H groups in total. The smallest absolute Gasteiger partial charge is 0.241 e. The predicted molar refractivity (Wildman–Crippen MR) is 63.7 cm³/mol. The first-order chi connectivity index (χ1) is 7.45. The first-order valence-corrected chi connectivity index (χ1v) is 5.32. The summed E-state index contributed by atoms with van der Waals surface area (Å²) in [7, 11) is 1.59. The number of likely N-dealkylation sites (N-methyl/N-ethyl adjacent to an activating group) is 1. The van der Waals surface area contributed by atoms with Crippen molar-refractivity contribution >= 4 is 23.3 Å². The highest BCUT2D eigenvalue weighted by molar-refractivity contribution is 6.30. The van der Waals surface area contributed by atoms with Crippen LogP contribution in [-0.2, 0) is 4.79 Å². The standard InChI is InChI=1S/C10H15ClN4O/c1-5-8(11)14-7(3)15-9(5)13-6(2)10(16)12-4/h6H,1-4H3,(H,12,16)(H,13,14,15). The van der Waals surface area contributed by atoms with E-state index in [4.69, 9.17) is 11.6 Å². The Labute approximate surface area is 99.6 Å². The summed E-state index contributed by atoms with van der Waals surface area (Å²) < 4.78 is 0. The second-order valence-electron chi connectivity index (χ2n) is 3.52. The number of anilines is 1. The number of amides is 1. The van der Waals surface area contributed by atoms with Gasteiger partial charge in [0, 0.05) is 12.6 Å². The minimum Gasteiger partial charge on any atom is -0.358 e. The van der Waals surface area contributed by atoms with E-state index in [1.54, 1.807) is 27.8 Å². The molecule has 0 aromatic carbocycles. The van der Waals surface area contributed by atoms with E-state index in [0.717, 1.165) is 5.56 Å². The maximum absolute atomic E-state index is 11.3. The topological polar surface area (TPSA) is 66.9 Å². The van der Waals surface area contributed by atoms with Crippen molar-refractivity contribution in [2.24, 2.45) is 0 Å². The van der Waals surface area contributed by atoms with Gasteiger partial charge in [-0.15, -0.1) is 0 Å². The van der Waals surface area contributed by atoms with Crippen LogP contribution in [0.1, 0.15) is 18.3 Å². The van der Waals surface area contributed by atoms with Gasteiger partial charge in [-0.05, 0) is 20.8 Å². The Kier molecular flexibility index (Phi) is 4.06. The van der Waals surface area contributed by atoms with Gasteiger partial charge >= 0.3 is 0 Å². The molecule has 0 aliphatic heterocycles. The molecule has 0 aliphatic rings. The molecule has 5 nitrogen and oxygen atoms in total. The first-order valence-electron chi connectivity index (χ1n) is 4.94. The second kappa shape index (κ2) is 5.12. The fourth-order valence-electron chi connectivity index (χ4n) is 1.22. The zero-order valence-electron chi connectivity index (χ0n) is 9.76. The molecule has 1 aromatic rings. The van der Waals surface area contributed by atoms with E-state index in [9.17, 15) is 4.79 Å². The molecule has 88 valence electrons. The number of carbonyl (C=O) groups is 1. The van der Waals surface area contributed by atoms with Gasteiger partial charge in [-0.3, -0.25) is 4.79 Å². The number of carbonyl (C=O) groups excluding carboxylic acids is 1. The lowest BCUT2D eigenvalue weighted by Crippen LogP contribution is -2.35. The number of nitrogens with zero attached hydrogens (tertiary/aromatic N) is 2. The van der Waals surface area contributed by atoms with Gasteiger partial charge in [0.2, 0.25) is 5.91 Å². The Balaban J connectivity index is 2.93. The number of rotatable bonds is 3. The van der Waals surface area contributed by atoms with Crippen molar-refractivity contribution in [1.29, 1.82) is 0 Å². The second-order valence-corrected chi connectivity index (χ2v) is 3.87. The quantitative estimate of drug-likeness (QED) is 0.784. The van der Waals surface area contributed by atoms with Crippen LogP contribution in [0.2, 0.25) is 5.15 Å². The van der Waals surface area contributed by atoms with Crippen LogP contribution in [0.3, 0.4) is 0 Å². The van der Waals surface area contributed by atoms with E-state index in [1.165, 1.54) is 0 Å². The van der Waals surface area contributed by atoms with Crippen LogP contribution in [0.25, 0.3) is 0 Å². The zero-order valence-corrected chi connectivity index (χ0v) is 10.5. The third-order valence-electron chi connectivity index (χ3n) is 2.19. The van der Waals surface area contributed by atoms with Gasteiger partial charge in [-0.25, -0.2) is 9.97 Å². The van der Waals surface area contributed by atoms with Gasteiger partial charge in [0.25, 0.3) is 0 Å². The third-order valence-corrected chi connectivity index (χ3v) is 2.56. The Morgan fingerprint density at radius 2 is 2.00 bits per heavy atom. The Morgan fingerprint density at radius 1 is 1.38 bits per heavy atom. The number of aromatic nitrogens is 2. The number of hydrogen-bond acceptors (Lipinski definition) is 4. The van der Waals surface area contributed by atoms with E-state index < -0.39 is 0 Å². The first kappa shape index (κ1) is 12.7. The summed E-state index contributed by atoms with van der Waals surface area (Å²) in [4.78, 5) is 19.6. The molecule has 0 fully saturated rings. The van der Waals surface area contributed by atoms with E-state index in [0.29, 0.717) is 16.8 Å². The van der Waals surface area contributed by atoms with Gasteiger partial charge in [0.1, 0.15) is 22.8 Å². The SMILES string of the molecule is CNC(=O)C(C)Nc1nc(C)nc(Cl)c1C. The summed E-state index contributed by atoms with van der Waals surface area (Å²) in [6, 6.07) is -0.367. The lowest BCUT2D eigenvalue weighted by atomic mass is 10.2. The minimum atomic E-state index is -0.367. The molecule has 1 heterocycles. The summed E-state index contributed by atoms with van der Waals surface area (Å²) in [5.41, 5.74) is 0.739. The van der Waals surface area contributed by atoms with Crippen molar-refractivity contribution in [2.45, 2.75) is 26.8 Å². The van der Waals surface area contributed by atoms with Crippen molar-refractivity contribution in [1.82, 2.24) is 15.3 Å². The summed E-state index contributed by atoms with van der Waals surface area (Å²) in [6.45, 7) is 5.31. The van der Waals surface area contributed by atoms with E-state index in [2.05, 4.69) is 20.6 Å². The molecule has 0 spiro atoms. The molecule has 1 unspecified atom stereocenters. The number of aryl methyl sites for hydroxylation is 1. The minimum absolute atomic E-state index is 0.105. The molecule has 1 aromatic heterocycles. The largest absolute Gasteiger partial charge is 0.358 e. The molecule has 0 bridgehead atoms. The average Bonchev–Trinajstić information content (AvgIpc) is 2.23. The Hall–Kier alpha value is -1.36. The third kappa shape index (κ3) is 2.82. The van der Waals surface area contributed by atoms with Gasteiger partial charge in [0.15, 0.2) is 0 Å². The molecule has 0 aliphatic carbocycles. The van der Waals surface area contributed by atoms with E-state index in [-0.39, 0.29) is 11.9 Å². The molecule has 1 rings (SSSR count). The zero-order chi connectivity index (χ0) is 12.3. The fraction of sp³-hybridized carbons (Fsp3) is 0.500. The van der Waals surface area contributed by atoms with Crippen molar-refractivity contribution in [3.63, 3.8) is 0 Å². The van der Waals surface area contributed by atoms with Crippen LogP contribution < -0.4 is 10.6 Å². The van der Waals surface area contributed by atoms with Crippen molar-refractivity contribution in [3.8, 4) is 0 Å². The van der Waals surface area contributed by atoms with Crippen molar-refractivity contribution < 1.29 is 4.79 Å². The van der Waals surface area contributed by atoms with Crippen LogP contribution >= 0.6 is 11.6 Å². The van der Waals surface area contributed by atoms with Gasteiger partial charge in [0.05, 0.1) is 0 Å². The molecule has 1 atom stereocenters. The molecule has 16 heavy (non-hydrogen) atoms. The lowest BCUT2D eigenvalue weighted by Gasteiger charge is -2.15. The molecule has 0 radical (unpaired) electrons. The van der Waals surface area contributed by atoms with Crippen LogP contribution in [0.5, 0.6) is 0 Å². The van der Waals surface area contributed by atoms with E-state index in [1.807, 2.05) is 0 Å². The number of hydrogen-bond donors (Lipinski definition) is 2. The van der Waals surface area contributed by atoms with Crippen molar-refractivity contribution in [2.75, 3.05) is 12.4 Å². The number of nitrogens with one attached hydrogen (secondary N) is 2. The van der Waals surface area contributed by atoms with Crippen LogP contribution in [0.15, 0.2) is 0 Å². The monoisotopic (exact) mass is 242 g/mol. The maximum atomic E-state index is 11.3. The molecule has 6 heteroatoms. The molecule has 1 amide bonds. The highest BCUT2D eigenvalue weighted by atomic mass is 35.5. The predicted octanol–water partition coefficient (Wildman–Crippen LogP) is 1.29. The van der Waals surface area contributed by atoms with E-state index >= 15 is 0 Å². The fourth-order valence-corrected chi connectivity index (χ4v) is 1.43. The van der Waals surface area contributed by atoms with Crippen LogP contribution in [-0.4, -0.2) is 29.0 Å². The number of halogens is 1. The van der Waals surface area contributed by atoms with Gasteiger partial charge in [-0.2, -0.15) is 0 Å². The molecule has 0 saturated carbocycles. The van der Waals surface area contributed by atoms with Gasteiger partial charge < -0.3 is 10.6 Å². The highest BCUT2D eigenvalue weighted by Crippen LogP contribution is 2.20. The molecule has 0 saturated heterocycles. The highest BCUT2D eigenvalue weighted by Gasteiger charge is 2.14. The Morgan fingerprint density at radius 3 is 2.56 bits per heavy atom. The molecular formula is C10H15ClN4O. The maximum Gasteiger partial charge on any atom is 0.241 e.